The highest BCUT2D eigenvalue weighted by Crippen LogP contribution is 2.24. The summed E-state index contributed by atoms with van der Waals surface area (Å²) in [6, 6.07) is 11.5. The summed E-state index contributed by atoms with van der Waals surface area (Å²) in [5.41, 5.74) is 8.16. The molecule has 0 aliphatic carbocycles. The van der Waals surface area contributed by atoms with Crippen molar-refractivity contribution in [3.05, 3.63) is 58.5 Å². The fourth-order valence-corrected chi connectivity index (χ4v) is 3.93. The van der Waals surface area contributed by atoms with Gasteiger partial charge >= 0.3 is 6.03 Å². The number of aromatic amines is 1. The summed E-state index contributed by atoms with van der Waals surface area (Å²) < 4.78 is 0.917. The van der Waals surface area contributed by atoms with E-state index in [2.05, 4.69) is 41.0 Å². The number of carbonyl (C=O) groups is 1. The lowest BCUT2D eigenvalue weighted by atomic mass is 10.1. The maximum absolute atomic E-state index is 12.5. The molecule has 1 atom stereocenters. The van der Waals surface area contributed by atoms with Crippen molar-refractivity contribution in [2.75, 3.05) is 27.2 Å². The SMILES string of the molecule is CN(C)[C@@H]1CCN(Cc2ccc3[nH]c(-c4cccn(C(N)=O)c4=O)cc3c2)C1. The Kier molecular flexibility index (Phi) is 4.78. The largest absolute Gasteiger partial charge is 0.354 e. The van der Waals surface area contributed by atoms with Gasteiger partial charge in [0.05, 0.1) is 11.3 Å². The third-order valence-corrected chi connectivity index (χ3v) is 5.54. The van der Waals surface area contributed by atoms with Crippen LogP contribution < -0.4 is 11.3 Å². The van der Waals surface area contributed by atoms with Gasteiger partial charge < -0.3 is 15.6 Å². The Bertz CT molecular complexity index is 1080. The predicted octanol–water partition coefficient (Wildman–Crippen LogP) is 2.06. The summed E-state index contributed by atoms with van der Waals surface area (Å²) >= 11 is 0. The number of likely N-dealkylation sites (N-methyl/N-ethyl adjacent to an activating group) is 1. The predicted molar refractivity (Wildman–Crippen MR) is 110 cm³/mol. The van der Waals surface area contributed by atoms with Crippen LogP contribution in [0.2, 0.25) is 0 Å². The van der Waals surface area contributed by atoms with E-state index in [4.69, 9.17) is 5.73 Å². The molecule has 7 heteroatoms. The average Bonchev–Trinajstić information content (AvgIpc) is 3.28. The van der Waals surface area contributed by atoms with E-state index in [9.17, 15) is 9.59 Å². The van der Waals surface area contributed by atoms with Gasteiger partial charge in [0.1, 0.15) is 0 Å². The summed E-state index contributed by atoms with van der Waals surface area (Å²) in [4.78, 5) is 32.0. The molecule has 1 saturated heterocycles. The topological polar surface area (TPSA) is 87.4 Å². The van der Waals surface area contributed by atoms with E-state index >= 15 is 0 Å². The van der Waals surface area contributed by atoms with Crippen LogP contribution in [-0.4, -0.2) is 58.6 Å². The van der Waals surface area contributed by atoms with Crippen LogP contribution in [-0.2, 0) is 6.54 Å². The Morgan fingerprint density at radius 3 is 2.82 bits per heavy atom. The fraction of sp³-hybridized carbons (Fsp3) is 0.333. The number of fused-ring (bicyclic) bond motifs is 1. The molecule has 0 unspecified atom stereocenters. The first-order chi connectivity index (χ1) is 13.4. The van der Waals surface area contributed by atoms with Gasteiger partial charge in [0.2, 0.25) is 0 Å². The summed E-state index contributed by atoms with van der Waals surface area (Å²) in [6.07, 6.45) is 2.58. The first kappa shape index (κ1) is 18.5. The molecule has 3 aromatic rings. The van der Waals surface area contributed by atoms with E-state index in [1.807, 2.05) is 12.1 Å². The number of nitrogens with two attached hydrogens (primary N) is 1. The molecule has 7 nitrogen and oxygen atoms in total. The van der Waals surface area contributed by atoms with Crippen LogP contribution in [0.15, 0.2) is 47.4 Å². The van der Waals surface area contributed by atoms with Gasteiger partial charge in [0.15, 0.2) is 0 Å². The second-order valence-electron chi connectivity index (χ2n) is 7.68. The molecule has 3 heterocycles. The molecule has 0 spiro atoms. The van der Waals surface area contributed by atoms with Crippen LogP contribution in [0, 0.1) is 0 Å². The molecule has 2 aromatic heterocycles. The van der Waals surface area contributed by atoms with Crippen molar-refractivity contribution in [2.45, 2.75) is 19.0 Å². The number of aromatic nitrogens is 2. The highest BCUT2D eigenvalue weighted by Gasteiger charge is 2.23. The molecule has 1 amide bonds. The maximum atomic E-state index is 12.5. The van der Waals surface area contributed by atoms with Crippen LogP contribution in [0.5, 0.6) is 0 Å². The number of nitrogens with zero attached hydrogens (tertiary/aromatic N) is 3. The van der Waals surface area contributed by atoms with E-state index < -0.39 is 11.6 Å². The maximum Gasteiger partial charge on any atom is 0.325 e. The zero-order chi connectivity index (χ0) is 19.8. The van der Waals surface area contributed by atoms with Crippen LogP contribution in [0.4, 0.5) is 4.79 Å². The number of primary amides is 1. The van der Waals surface area contributed by atoms with Crippen molar-refractivity contribution in [2.24, 2.45) is 5.73 Å². The van der Waals surface area contributed by atoms with E-state index in [0.29, 0.717) is 17.3 Å². The summed E-state index contributed by atoms with van der Waals surface area (Å²) in [5, 5.41) is 1.05. The van der Waals surface area contributed by atoms with Crippen molar-refractivity contribution < 1.29 is 4.79 Å². The number of nitrogens with one attached hydrogen (secondary N) is 1. The van der Waals surface area contributed by atoms with Crippen LogP contribution in [0.3, 0.4) is 0 Å². The summed E-state index contributed by atoms with van der Waals surface area (Å²) in [7, 11) is 4.27. The third kappa shape index (κ3) is 3.46. The van der Waals surface area contributed by atoms with Crippen molar-refractivity contribution in [3.63, 3.8) is 0 Å². The highest BCUT2D eigenvalue weighted by atomic mass is 16.2. The Balaban J connectivity index is 1.60. The lowest BCUT2D eigenvalue weighted by molar-refractivity contribution is 0.249. The minimum Gasteiger partial charge on any atom is -0.354 e. The fourth-order valence-electron chi connectivity index (χ4n) is 3.93. The Morgan fingerprint density at radius 2 is 2.11 bits per heavy atom. The molecule has 3 N–H and O–H groups in total. The molecule has 0 radical (unpaired) electrons. The molecular weight excluding hydrogens is 354 g/mol. The zero-order valence-electron chi connectivity index (χ0n) is 16.2. The number of carbonyl (C=O) groups excluding carboxylic acids is 1. The highest BCUT2D eigenvalue weighted by molar-refractivity contribution is 5.86. The van der Waals surface area contributed by atoms with Crippen LogP contribution >= 0.6 is 0 Å². The first-order valence-electron chi connectivity index (χ1n) is 9.44. The van der Waals surface area contributed by atoms with Gasteiger partial charge in [-0.1, -0.05) is 6.07 Å². The Labute approximate surface area is 163 Å². The van der Waals surface area contributed by atoms with Gasteiger partial charge in [-0.2, -0.15) is 0 Å². The Hall–Kier alpha value is -2.90. The van der Waals surface area contributed by atoms with Gasteiger partial charge in [-0.05, 0) is 56.4 Å². The molecule has 1 aliphatic rings. The lowest BCUT2D eigenvalue weighted by Crippen LogP contribution is -2.31. The van der Waals surface area contributed by atoms with Crippen LogP contribution in [0.25, 0.3) is 22.2 Å². The number of hydrogen-bond acceptors (Lipinski definition) is 4. The minimum atomic E-state index is -0.785. The van der Waals surface area contributed by atoms with E-state index in [0.717, 1.165) is 35.1 Å². The zero-order valence-corrected chi connectivity index (χ0v) is 16.2. The number of H-pyrrole nitrogens is 1. The second-order valence-corrected chi connectivity index (χ2v) is 7.68. The molecule has 146 valence electrons. The smallest absolute Gasteiger partial charge is 0.325 e. The van der Waals surface area contributed by atoms with Gasteiger partial charge in [-0.25, -0.2) is 9.36 Å². The van der Waals surface area contributed by atoms with Gasteiger partial charge in [-0.3, -0.25) is 9.69 Å². The molecule has 1 fully saturated rings. The second kappa shape index (κ2) is 7.26. The number of rotatable bonds is 4. The van der Waals surface area contributed by atoms with Crippen LogP contribution in [0.1, 0.15) is 12.0 Å². The van der Waals surface area contributed by atoms with Gasteiger partial charge in [-0.15, -0.1) is 0 Å². The van der Waals surface area contributed by atoms with E-state index in [-0.39, 0.29) is 0 Å². The number of hydrogen-bond donors (Lipinski definition) is 2. The van der Waals surface area contributed by atoms with Gasteiger partial charge in [0, 0.05) is 42.8 Å². The molecule has 0 saturated carbocycles. The minimum absolute atomic E-state index is 0.423. The number of pyridine rings is 1. The lowest BCUT2D eigenvalue weighted by Gasteiger charge is -2.20. The molecular formula is C21H25N5O2. The molecule has 1 aliphatic heterocycles. The normalized spacial score (nSPS) is 17.6. The molecule has 1 aromatic carbocycles. The van der Waals surface area contributed by atoms with Crippen molar-refractivity contribution in [1.82, 2.24) is 19.4 Å². The summed E-state index contributed by atoms with van der Waals surface area (Å²) in [5.74, 6) is 0. The number of benzene rings is 1. The molecule has 28 heavy (non-hydrogen) atoms. The Morgan fingerprint density at radius 1 is 1.29 bits per heavy atom. The van der Waals surface area contributed by atoms with Crippen molar-refractivity contribution in [1.29, 1.82) is 0 Å². The first-order valence-corrected chi connectivity index (χ1v) is 9.44. The average molecular weight is 379 g/mol. The number of likely N-dealkylation sites (tertiary alicyclic amines) is 1. The standard InChI is InChI=1S/C21H25N5O2/c1-24(2)16-7-9-25(13-16)12-14-5-6-18-15(10-14)11-19(23-18)17-4-3-8-26(20(17)27)21(22)28/h3-6,8,10-11,16,23H,7,9,12-13H2,1-2H3,(H2,22,28)/t16-/m1/s1. The van der Waals surface area contributed by atoms with Crippen molar-refractivity contribution >= 4 is 16.9 Å². The third-order valence-electron chi connectivity index (χ3n) is 5.54. The number of amides is 1. The van der Waals surface area contributed by atoms with Gasteiger partial charge in [0.25, 0.3) is 5.56 Å². The molecule has 0 bridgehead atoms. The molecule has 4 rings (SSSR count). The quantitative estimate of drug-likeness (QED) is 0.726. The van der Waals surface area contributed by atoms with Crippen molar-refractivity contribution in [3.8, 4) is 11.3 Å². The monoisotopic (exact) mass is 379 g/mol. The van der Waals surface area contributed by atoms with E-state index in [1.54, 1.807) is 12.1 Å². The van der Waals surface area contributed by atoms with E-state index in [1.165, 1.54) is 18.2 Å². The summed E-state index contributed by atoms with van der Waals surface area (Å²) in [6.45, 7) is 3.11.